The van der Waals surface area contributed by atoms with Gasteiger partial charge in [-0.3, -0.25) is 0 Å². The molecule has 0 aliphatic rings. The molecule has 2 N–H and O–H groups in total. The van der Waals surface area contributed by atoms with Crippen LogP contribution >= 0.6 is 15.9 Å². The Morgan fingerprint density at radius 2 is 1.65 bits per heavy atom. The van der Waals surface area contributed by atoms with Gasteiger partial charge in [-0.05, 0) is 34.7 Å². The predicted octanol–water partition coefficient (Wildman–Crippen LogP) is 4.93. The van der Waals surface area contributed by atoms with Gasteiger partial charge in [0.2, 0.25) is 0 Å². The molecule has 0 spiro atoms. The summed E-state index contributed by atoms with van der Waals surface area (Å²) in [6.45, 7) is 6.49. The van der Waals surface area contributed by atoms with E-state index in [1.54, 1.807) is 12.1 Å². The first-order valence-corrected chi connectivity index (χ1v) is 7.39. The predicted molar refractivity (Wildman–Crippen MR) is 85.3 cm³/mol. The number of rotatable bonds is 2. The summed E-state index contributed by atoms with van der Waals surface area (Å²) in [6, 6.07) is 12.5. The summed E-state index contributed by atoms with van der Waals surface area (Å²) in [7, 11) is 0. The topological polar surface area (TPSA) is 26.0 Å². The zero-order valence-corrected chi connectivity index (χ0v) is 13.5. The van der Waals surface area contributed by atoms with E-state index in [-0.39, 0.29) is 11.2 Å². The van der Waals surface area contributed by atoms with Gasteiger partial charge in [0.05, 0.1) is 6.04 Å². The molecule has 20 heavy (non-hydrogen) atoms. The molecule has 2 rings (SSSR count). The standard InChI is InChI=1S/C17H19BrFN/c1-17(2,3)12-6-4-11(5-7-12)16(20)14-10-13(18)8-9-15(14)19/h4-10,16H,20H2,1-3H3. The third-order valence-corrected chi connectivity index (χ3v) is 3.92. The molecule has 1 nitrogen and oxygen atoms in total. The molecule has 3 heteroatoms. The lowest BCUT2D eigenvalue weighted by Gasteiger charge is -2.20. The molecule has 0 bridgehead atoms. The average molecular weight is 336 g/mol. The van der Waals surface area contributed by atoms with E-state index in [4.69, 9.17) is 5.73 Å². The number of hydrogen-bond donors (Lipinski definition) is 1. The summed E-state index contributed by atoms with van der Waals surface area (Å²) >= 11 is 3.35. The van der Waals surface area contributed by atoms with Crippen molar-refractivity contribution in [3.8, 4) is 0 Å². The molecular weight excluding hydrogens is 317 g/mol. The highest BCUT2D eigenvalue weighted by atomic mass is 79.9. The van der Waals surface area contributed by atoms with Crippen molar-refractivity contribution < 1.29 is 4.39 Å². The van der Waals surface area contributed by atoms with Gasteiger partial charge in [-0.2, -0.15) is 0 Å². The molecule has 1 atom stereocenters. The quantitative estimate of drug-likeness (QED) is 0.826. The summed E-state index contributed by atoms with van der Waals surface area (Å²) in [6.07, 6.45) is 0. The molecule has 0 aromatic heterocycles. The van der Waals surface area contributed by atoms with E-state index in [1.807, 2.05) is 12.1 Å². The van der Waals surface area contributed by atoms with E-state index >= 15 is 0 Å². The van der Waals surface area contributed by atoms with Crippen LogP contribution in [-0.2, 0) is 5.41 Å². The van der Waals surface area contributed by atoms with Crippen LogP contribution in [0.1, 0.15) is 43.5 Å². The Kier molecular flexibility index (Phi) is 4.31. The molecule has 0 aliphatic heterocycles. The van der Waals surface area contributed by atoms with Gasteiger partial charge >= 0.3 is 0 Å². The Bertz CT molecular complexity index is 599. The third-order valence-electron chi connectivity index (χ3n) is 3.43. The summed E-state index contributed by atoms with van der Waals surface area (Å²) in [4.78, 5) is 0. The Morgan fingerprint density at radius 3 is 2.20 bits per heavy atom. The molecular formula is C17H19BrFN. The first kappa shape index (κ1) is 15.2. The number of halogens is 2. The van der Waals surface area contributed by atoms with Crippen molar-refractivity contribution >= 4 is 15.9 Å². The van der Waals surface area contributed by atoms with Crippen molar-refractivity contribution in [2.75, 3.05) is 0 Å². The molecule has 0 fully saturated rings. The van der Waals surface area contributed by atoms with Gasteiger partial charge in [0.1, 0.15) is 5.82 Å². The van der Waals surface area contributed by atoms with Crippen LogP contribution in [0.3, 0.4) is 0 Å². The monoisotopic (exact) mass is 335 g/mol. The van der Waals surface area contributed by atoms with E-state index < -0.39 is 6.04 Å². The Balaban J connectivity index is 2.34. The lowest BCUT2D eigenvalue weighted by atomic mass is 9.86. The lowest BCUT2D eigenvalue weighted by molar-refractivity contribution is 0.588. The van der Waals surface area contributed by atoms with Gasteiger partial charge < -0.3 is 5.73 Å². The Hall–Kier alpha value is -1.19. The van der Waals surface area contributed by atoms with Crippen molar-refractivity contribution in [3.05, 3.63) is 69.4 Å². The second-order valence-electron chi connectivity index (χ2n) is 6.02. The smallest absolute Gasteiger partial charge is 0.128 e. The molecule has 0 radical (unpaired) electrons. The minimum atomic E-state index is -0.457. The highest BCUT2D eigenvalue weighted by Crippen LogP contribution is 2.28. The fraction of sp³-hybridized carbons (Fsp3) is 0.294. The summed E-state index contributed by atoms with van der Waals surface area (Å²) in [5.74, 6) is -0.277. The van der Waals surface area contributed by atoms with Gasteiger partial charge in [0, 0.05) is 10.0 Å². The minimum Gasteiger partial charge on any atom is -0.320 e. The highest BCUT2D eigenvalue weighted by Gasteiger charge is 2.17. The number of nitrogens with two attached hydrogens (primary N) is 1. The maximum absolute atomic E-state index is 13.9. The van der Waals surface area contributed by atoms with Crippen molar-refractivity contribution in [3.63, 3.8) is 0 Å². The molecule has 2 aromatic rings. The van der Waals surface area contributed by atoms with E-state index in [0.717, 1.165) is 10.0 Å². The Labute approximate surface area is 128 Å². The second-order valence-corrected chi connectivity index (χ2v) is 6.93. The first-order chi connectivity index (χ1) is 9.29. The van der Waals surface area contributed by atoms with Crippen LogP contribution in [0.2, 0.25) is 0 Å². The third kappa shape index (κ3) is 3.28. The average Bonchev–Trinajstić information content (AvgIpc) is 2.40. The maximum atomic E-state index is 13.9. The summed E-state index contributed by atoms with van der Waals surface area (Å²) < 4.78 is 14.7. The normalized spacial score (nSPS) is 13.3. The molecule has 2 aromatic carbocycles. The van der Waals surface area contributed by atoms with Crippen LogP contribution in [0.4, 0.5) is 4.39 Å². The van der Waals surface area contributed by atoms with Gasteiger partial charge in [-0.15, -0.1) is 0 Å². The van der Waals surface area contributed by atoms with Crippen LogP contribution in [0.25, 0.3) is 0 Å². The zero-order chi connectivity index (χ0) is 14.9. The van der Waals surface area contributed by atoms with E-state index in [1.165, 1.54) is 11.6 Å². The minimum absolute atomic E-state index is 0.101. The number of hydrogen-bond acceptors (Lipinski definition) is 1. The second kappa shape index (κ2) is 5.66. The largest absolute Gasteiger partial charge is 0.320 e. The lowest BCUT2D eigenvalue weighted by Crippen LogP contribution is -2.15. The van der Waals surface area contributed by atoms with Crippen molar-refractivity contribution in [2.45, 2.75) is 32.2 Å². The molecule has 106 valence electrons. The van der Waals surface area contributed by atoms with Gasteiger partial charge in [0.15, 0.2) is 0 Å². The van der Waals surface area contributed by atoms with Crippen LogP contribution in [-0.4, -0.2) is 0 Å². The molecule has 0 saturated carbocycles. The fourth-order valence-corrected chi connectivity index (χ4v) is 2.50. The van der Waals surface area contributed by atoms with Gasteiger partial charge in [0.25, 0.3) is 0 Å². The zero-order valence-electron chi connectivity index (χ0n) is 12.0. The van der Waals surface area contributed by atoms with Gasteiger partial charge in [-0.25, -0.2) is 4.39 Å². The van der Waals surface area contributed by atoms with Crippen molar-refractivity contribution in [2.24, 2.45) is 5.73 Å². The summed E-state index contributed by atoms with van der Waals surface area (Å²) in [5.41, 5.74) is 8.94. The fourth-order valence-electron chi connectivity index (χ4n) is 2.12. The van der Waals surface area contributed by atoms with Crippen molar-refractivity contribution in [1.82, 2.24) is 0 Å². The Morgan fingerprint density at radius 1 is 1.05 bits per heavy atom. The summed E-state index contributed by atoms with van der Waals surface area (Å²) in [5, 5.41) is 0. The molecule has 0 heterocycles. The molecule has 0 saturated heterocycles. The van der Waals surface area contributed by atoms with E-state index in [9.17, 15) is 4.39 Å². The highest BCUT2D eigenvalue weighted by molar-refractivity contribution is 9.10. The molecule has 1 unspecified atom stereocenters. The SMILES string of the molecule is CC(C)(C)c1ccc(C(N)c2cc(Br)ccc2F)cc1. The molecule has 0 aliphatic carbocycles. The number of benzene rings is 2. The van der Waals surface area contributed by atoms with E-state index in [0.29, 0.717) is 5.56 Å². The van der Waals surface area contributed by atoms with Crippen LogP contribution in [0, 0.1) is 5.82 Å². The van der Waals surface area contributed by atoms with E-state index in [2.05, 4.69) is 48.8 Å². The van der Waals surface area contributed by atoms with Gasteiger partial charge in [-0.1, -0.05) is 61.0 Å². The van der Waals surface area contributed by atoms with Crippen LogP contribution < -0.4 is 5.73 Å². The van der Waals surface area contributed by atoms with Crippen LogP contribution in [0.5, 0.6) is 0 Å². The molecule has 0 amide bonds. The van der Waals surface area contributed by atoms with Crippen molar-refractivity contribution in [1.29, 1.82) is 0 Å². The maximum Gasteiger partial charge on any atom is 0.128 e. The first-order valence-electron chi connectivity index (χ1n) is 6.60. The van der Waals surface area contributed by atoms with Crippen LogP contribution in [0.15, 0.2) is 46.9 Å².